The van der Waals surface area contributed by atoms with Gasteiger partial charge in [0.15, 0.2) is 0 Å². The Kier molecular flexibility index (Phi) is 6.98. The minimum atomic E-state index is 0. The van der Waals surface area contributed by atoms with Gasteiger partial charge in [-0.2, -0.15) is 0 Å². The predicted octanol–water partition coefficient (Wildman–Crippen LogP) is 4.26. The van der Waals surface area contributed by atoms with Crippen LogP contribution in [0, 0.1) is 5.92 Å². The molecule has 108 valence electrons. The highest BCUT2D eigenvalue weighted by Gasteiger charge is 2.15. The van der Waals surface area contributed by atoms with Gasteiger partial charge in [-0.1, -0.05) is 25.4 Å². The van der Waals surface area contributed by atoms with Crippen molar-refractivity contribution in [3.63, 3.8) is 0 Å². The van der Waals surface area contributed by atoms with E-state index in [0.29, 0.717) is 11.8 Å². The molecule has 1 atom stereocenters. The molecule has 1 aliphatic heterocycles. The molecule has 1 N–H and O–H groups in total. The highest BCUT2D eigenvalue weighted by atomic mass is 35.5. The average molecular weight is 304 g/mol. The van der Waals surface area contributed by atoms with Crippen molar-refractivity contribution in [3.05, 3.63) is 28.8 Å². The smallest absolute Gasteiger partial charge is 0.122 e. The SMILES string of the molecule is CC(C)c1cc(Cl)ccc1OCC1CCCNC1.Cl. The fraction of sp³-hybridized carbons (Fsp3) is 0.600. The van der Waals surface area contributed by atoms with Crippen LogP contribution in [0.15, 0.2) is 18.2 Å². The Morgan fingerprint density at radius 1 is 1.42 bits per heavy atom. The number of benzene rings is 1. The lowest BCUT2D eigenvalue weighted by atomic mass is 10.00. The van der Waals surface area contributed by atoms with Gasteiger partial charge in [0.25, 0.3) is 0 Å². The zero-order valence-electron chi connectivity index (χ0n) is 11.6. The molecule has 19 heavy (non-hydrogen) atoms. The van der Waals surface area contributed by atoms with Crippen LogP contribution in [0.2, 0.25) is 5.02 Å². The van der Waals surface area contributed by atoms with Crippen LogP contribution < -0.4 is 10.1 Å². The number of piperidine rings is 1. The van der Waals surface area contributed by atoms with Crippen molar-refractivity contribution in [1.82, 2.24) is 5.32 Å². The van der Waals surface area contributed by atoms with Crippen LogP contribution in [0.3, 0.4) is 0 Å². The molecule has 0 radical (unpaired) electrons. The Hall–Kier alpha value is -0.440. The van der Waals surface area contributed by atoms with E-state index in [4.69, 9.17) is 16.3 Å². The normalized spacial score (nSPS) is 19.1. The quantitative estimate of drug-likeness (QED) is 0.897. The van der Waals surface area contributed by atoms with Crippen LogP contribution in [-0.2, 0) is 0 Å². The van der Waals surface area contributed by atoms with E-state index in [1.165, 1.54) is 18.4 Å². The van der Waals surface area contributed by atoms with Crippen LogP contribution >= 0.6 is 24.0 Å². The molecule has 1 heterocycles. The predicted molar refractivity (Wildman–Crippen MR) is 83.9 cm³/mol. The Morgan fingerprint density at radius 2 is 2.21 bits per heavy atom. The number of hydrogen-bond acceptors (Lipinski definition) is 2. The summed E-state index contributed by atoms with van der Waals surface area (Å²) in [4.78, 5) is 0. The molecule has 0 bridgehead atoms. The zero-order valence-corrected chi connectivity index (χ0v) is 13.2. The molecule has 0 aromatic heterocycles. The third-order valence-corrected chi connectivity index (χ3v) is 3.70. The van der Waals surface area contributed by atoms with Gasteiger partial charge in [-0.15, -0.1) is 12.4 Å². The largest absolute Gasteiger partial charge is 0.493 e. The highest BCUT2D eigenvalue weighted by Crippen LogP contribution is 2.29. The molecule has 0 spiro atoms. The standard InChI is InChI=1S/C15H22ClNO.ClH/c1-11(2)14-8-13(16)5-6-15(14)18-10-12-4-3-7-17-9-12;/h5-6,8,11-12,17H,3-4,7,9-10H2,1-2H3;1H. The van der Waals surface area contributed by atoms with Crippen molar-refractivity contribution >= 4 is 24.0 Å². The number of halogens is 2. The van der Waals surface area contributed by atoms with Crippen LogP contribution in [0.1, 0.15) is 38.2 Å². The molecule has 2 nitrogen and oxygen atoms in total. The lowest BCUT2D eigenvalue weighted by Crippen LogP contribution is -2.33. The summed E-state index contributed by atoms with van der Waals surface area (Å²) in [5.41, 5.74) is 1.20. The number of rotatable bonds is 4. The second-order valence-electron chi connectivity index (χ2n) is 5.36. The van der Waals surface area contributed by atoms with Gasteiger partial charge < -0.3 is 10.1 Å². The first-order valence-electron chi connectivity index (χ1n) is 6.80. The zero-order chi connectivity index (χ0) is 13.0. The van der Waals surface area contributed by atoms with Gasteiger partial charge >= 0.3 is 0 Å². The topological polar surface area (TPSA) is 21.3 Å². The summed E-state index contributed by atoms with van der Waals surface area (Å²) in [7, 11) is 0. The Labute approximate surface area is 127 Å². The van der Waals surface area contributed by atoms with Crippen molar-refractivity contribution < 1.29 is 4.74 Å². The first kappa shape index (κ1) is 16.6. The van der Waals surface area contributed by atoms with Crippen molar-refractivity contribution in [2.75, 3.05) is 19.7 Å². The Morgan fingerprint density at radius 3 is 2.84 bits per heavy atom. The maximum atomic E-state index is 6.04. The van der Waals surface area contributed by atoms with E-state index in [1.807, 2.05) is 18.2 Å². The van der Waals surface area contributed by atoms with E-state index in [-0.39, 0.29) is 12.4 Å². The molecule has 0 amide bonds. The number of hydrogen-bond donors (Lipinski definition) is 1. The van der Waals surface area contributed by atoms with Gasteiger partial charge in [0.05, 0.1) is 6.61 Å². The number of ether oxygens (including phenoxy) is 1. The maximum absolute atomic E-state index is 6.04. The average Bonchev–Trinajstić information content (AvgIpc) is 2.38. The Bertz CT molecular complexity index is 390. The Balaban J connectivity index is 0.00000180. The molecule has 1 saturated heterocycles. The van der Waals surface area contributed by atoms with E-state index in [0.717, 1.165) is 30.5 Å². The molecule has 1 aromatic rings. The van der Waals surface area contributed by atoms with E-state index in [2.05, 4.69) is 19.2 Å². The molecule has 1 aliphatic rings. The summed E-state index contributed by atoms with van der Waals surface area (Å²) >= 11 is 6.04. The summed E-state index contributed by atoms with van der Waals surface area (Å²) in [6, 6.07) is 5.91. The van der Waals surface area contributed by atoms with Gasteiger partial charge in [0.2, 0.25) is 0 Å². The highest BCUT2D eigenvalue weighted by molar-refractivity contribution is 6.30. The van der Waals surface area contributed by atoms with E-state index < -0.39 is 0 Å². The van der Waals surface area contributed by atoms with E-state index in [1.54, 1.807) is 0 Å². The molecule has 4 heteroatoms. The summed E-state index contributed by atoms with van der Waals surface area (Å²) < 4.78 is 5.99. The van der Waals surface area contributed by atoms with E-state index >= 15 is 0 Å². The molecular weight excluding hydrogens is 281 g/mol. The van der Waals surface area contributed by atoms with Crippen LogP contribution in [0.25, 0.3) is 0 Å². The van der Waals surface area contributed by atoms with Gasteiger partial charge in [-0.3, -0.25) is 0 Å². The summed E-state index contributed by atoms with van der Waals surface area (Å²) in [5.74, 6) is 2.05. The molecular formula is C15H23Cl2NO. The van der Waals surface area contributed by atoms with Crippen molar-refractivity contribution in [2.45, 2.75) is 32.6 Å². The van der Waals surface area contributed by atoms with Gasteiger partial charge in [-0.25, -0.2) is 0 Å². The summed E-state index contributed by atoms with van der Waals surface area (Å²) in [6.07, 6.45) is 2.52. The van der Waals surface area contributed by atoms with Crippen LogP contribution in [0.4, 0.5) is 0 Å². The second-order valence-corrected chi connectivity index (χ2v) is 5.80. The lowest BCUT2D eigenvalue weighted by molar-refractivity contribution is 0.216. The van der Waals surface area contributed by atoms with Crippen molar-refractivity contribution in [1.29, 1.82) is 0 Å². The minimum Gasteiger partial charge on any atom is -0.493 e. The number of nitrogens with one attached hydrogen (secondary N) is 1. The van der Waals surface area contributed by atoms with Gasteiger partial charge in [0, 0.05) is 17.5 Å². The first-order chi connectivity index (χ1) is 8.66. The summed E-state index contributed by atoms with van der Waals surface area (Å²) in [5, 5.41) is 4.20. The second kappa shape index (κ2) is 7.98. The van der Waals surface area contributed by atoms with E-state index in [9.17, 15) is 0 Å². The van der Waals surface area contributed by atoms with Crippen molar-refractivity contribution in [3.8, 4) is 5.75 Å². The van der Waals surface area contributed by atoms with Crippen LogP contribution in [-0.4, -0.2) is 19.7 Å². The van der Waals surface area contributed by atoms with Crippen molar-refractivity contribution in [2.24, 2.45) is 5.92 Å². The fourth-order valence-corrected chi connectivity index (χ4v) is 2.56. The third kappa shape index (κ3) is 4.87. The van der Waals surface area contributed by atoms with Gasteiger partial charge in [-0.05, 0) is 49.1 Å². The monoisotopic (exact) mass is 303 g/mol. The molecule has 0 aliphatic carbocycles. The van der Waals surface area contributed by atoms with Gasteiger partial charge in [0.1, 0.15) is 5.75 Å². The van der Waals surface area contributed by atoms with Crippen LogP contribution in [0.5, 0.6) is 5.75 Å². The molecule has 1 aromatic carbocycles. The minimum absolute atomic E-state index is 0. The lowest BCUT2D eigenvalue weighted by Gasteiger charge is -2.24. The maximum Gasteiger partial charge on any atom is 0.122 e. The third-order valence-electron chi connectivity index (χ3n) is 3.47. The molecule has 2 rings (SSSR count). The molecule has 1 unspecified atom stereocenters. The summed E-state index contributed by atoms with van der Waals surface area (Å²) in [6.45, 7) is 7.36. The molecule has 1 fully saturated rings. The first-order valence-corrected chi connectivity index (χ1v) is 7.17. The molecule has 0 saturated carbocycles. The fourth-order valence-electron chi connectivity index (χ4n) is 2.38.